The third-order valence-corrected chi connectivity index (χ3v) is 6.28. The van der Waals surface area contributed by atoms with Gasteiger partial charge in [0, 0.05) is 43.6 Å². The number of nitrogens with zero attached hydrogens (tertiary/aromatic N) is 3. The van der Waals surface area contributed by atoms with E-state index < -0.39 is 0 Å². The molecular weight excluding hydrogens is 322 g/mol. The lowest BCUT2D eigenvalue weighted by Gasteiger charge is -2.31. The zero-order valence-electron chi connectivity index (χ0n) is 14.2. The molecule has 2 aliphatic rings. The molecule has 2 aromatic heterocycles. The Hall–Kier alpha value is -1.40. The first-order valence-electron chi connectivity index (χ1n) is 9.04. The van der Waals surface area contributed by atoms with Gasteiger partial charge in [-0.2, -0.15) is 0 Å². The first kappa shape index (κ1) is 16.1. The molecule has 2 saturated heterocycles. The minimum absolute atomic E-state index is 0.297. The van der Waals surface area contributed by atoms with Crippen molar-refractivity contribution < 1.29 is 9.53 Å². The number of carbonyl (C=O) groups excluding carboxylic acids is 1. The van der Waals surface area contributed by atoms with Gasteiger partial charge in [-0.25, -0.2) is 4.98 Å². The van der Waals surface area contributed by atoms with Crippen LogP contribution < -0.4 is 0 Å². The van der Waals surface area contributed by atoms with Crippen LogP contribution >= 0.6 is 11.3 Å². The van der Waals surface area contributed by atoms with Crippen molar-refractivity contribution in [3.8, 4) is 0 Å². The maximum atomic E-state index is 12.4. The van der Waals surface area contributed by atoms with Gasteiger partial charge in [0.05, 0.1) is 11.8 Å². The Morgan fingerprint density at radius 2 is 2.21 bits per heavy atom. The largest absolute Gasteiger partial charge is 0.378 e. The third kappa shape index (κ3) is 3.09. The number of imidazole rings is 1. The maximum absolute atomic E-state index is 12.4. The van der Waals surface area contributed by atoms with Gasteiger partial charge in [0.2, 0.25) is 5.91 Å². The van der Waals surface area contributed by atoms with Crippen molar-refractivity contribution in [3.05, 3.63) is 23.1 Å². The number of hydrogen-bond donors (Lipinski definition) is 0. The maximum Gasteiger partial charge on any atom is 0.222 e. The number of carbonyl (C=O) groups is 1. The number of thiazole rings is 1. The summed E-state index contributed by atoms with van der Waals surface area (Å²) in [6, 6.07) is 0. The lowest BCUT2D eigenvalue weighted by atomic mass is 9.93. The molecule has 2 aliphatic heterocycles. The van der Waals surface area contributed by atoms with Crippen LogP contribution in [-0.2, 0) is 9.53 Å². The smallest absolute Gasteiger partial charge is 0.222 e. The number of aryl methyl sites for hydroxylation is 1. The van der Waals surface area contributed by atoms with E-state index in [4.69, 9.17) is 9.72 Å². The van der Waals surface area contributed by atoms with Crippen LogP contribution in [0.15, 0.2) is 11.6 Å². The molecule has 4 rings (SSSR count). The predicted molar refractivity (Wildman–Crippen MR) is 94.6 cm³/mol. The summed E-state index contributed by atoms with van der Waals surface area (Å²) in [4.78, 5) is 20.5. The molecule has 2 fully saturated rings. The van der Waals surface area contributed by atoms with E-state index in [2.05, 4.69) is 22.9 Å². The Morgan fingerprint density at radius 1 is 1.38 bits per heavy atom. The Labute approximate surface area is 146 Å². The molecule has 0 radical (unpaired) electrons. The highest BCUT2D eigenvalue weighted by molar-refractivity contribution is 7.15. The first-order chi connectivity index (χ1) is 11.7. The average Bonchev–Trinajstić information content (AvgIpc) is 3.33. The average molecular weight is 347 g/mol. The summed E-state index contributed by atoms with van der Waals surface area (Å²) in [6.07, 6.45) is 8.23. The SMILES string of the molecule is Cc1nc(C2CCN(C(=O)CC[C@@H]3CCCO3)CC2)c2sccn12. The highest BCUT2D eigenvalue weighted by atomic mass is 32.1. The number of likely N-dealkylation sites (tertiary alicyclic amines) is 1. The fourth-order valence-corrected chi connectivity index (χ4v) is 4.93. The number of ether oxygens (including phenoxy) is 1. The van der Waals surface area contributed by atoms with Crippen LogP contribution in [0.2, 0.25) is 0 Å². The zero-order valence-corrected chi connectivity index (χ0v) is 15.1. The van der Waals surface area contributed by atoms with Crippen molar-refractivity contribution in [1.82, 2.24) is 14.3 Å². The summed E-state index contributed by atoms with van der Waals surface area (Å²) in [6.45, 7) is 4.65. The lowest BCUT2D eigenvalue weighted by Crippen LogP contribution is -2.38. The number of fused-ring (bicyclic) bond motifs is 1. The van der Waals surface area contributed by atoms with Crippen LogP contribution in [0, 0.1) is 6.92 Å². The van der Waals surface area contributed by atoms with E-state index >= 15 is 0 Å². The number of amides is 1. The molecule has 130 valence electrons. The molecular formula is C18H25N3O2S. The Balaban J connectivity index is 1.33. The molecule has 1 amide bonds. The van der Waals surface area contributed by atoms with Crippen LogP contribution in [-0.4, -0.2) is 46.0 Å². The molecule has 0 saturated carbocycles. The fourth-order valence-electron chi connectivity index (χ4n) is 3.98. The lowest BCUT2D eigenvalue weighted by molar-refractivity contribution is -0.132. The molecule has 0 N–H and O–H groups in total. The van der Waals surface area contributed by atoms with Crippen molar-refractivity contribution in [2.75, 3.05) is 19.7 Å². The van der Waals surface area contributed by atoms with Crippen LogP contribution in [0.3, 0.4) is 0 Å². The summed E-state index contributed by atoms with van der Waals surface area (Å²) in [7, 11) is 0. The molecule has 1 atom stereocenters. The van der Waals surface area contributed by atoms with Crippen molar-refractivity contribution >= 4 is 22.1 Å². The summed E-state index contributed by atoms with van der Waals surface area (Å²) in [5.74, 6) is 1.84. The number of piperidine rings is 1. The monoisotopic (exact) mass is 347 g/mol. The van der Waals surface area contributed by atoms with Crippen LogP contribution in [0.1, 0.15) is 56.0 Å². The molecule has 0 aromatic carbocycles. The molecule has 24 heavy (non-hydrogen) atoms. The van der Waals surface area contributed by atoms with Gasteiger partial charge in [-0.1, -0.05) is 0 Å². The van der Waals surface area contributed by atoms with Gasteiger partial charge < -0.3 is 9.64 Å². The van der Waals surface area contributed by atoms with Gasteiger partial charge in [0.15, 0.2) is 0 Å². The Bertz CT molecular complexity index is 709. The van der Waals surface area contributed by atoms with Gasteiger partial charge in [0.1, 0.15) is 10.7 Å². The molecule has 5 nitrogen and oxygen atoms in total. The molecule has 0 unspecified atom stereocenters. The van der Waals surface area contributed by atoms with E-state index in [-0.39, 0.29) is 0 Å². The third-order valence-electron chi connectivity index (χ3n) is 5.40. The topological polar surface area (TPSA) is 46.8 Å². The van der Waals surface area contributed by atoms with Gasteiger partial charge in [-0.15, -0.1) is 11.3 Å². The minimum atomic E-state index is 0.297. The number of rotatable bonds is 4. The molecule has 4 heterocycles. The van der Waals surface area contributed by atoms with Gasteiger partial charge >= 0.3 is 0 Å². The second-order valence-corrected chi connectivity index (χ2v) is 7.85. The first-order valence-corrected chi connectivity index (χ1v) is 9.92. The van der Waals surface area contributed by atoms with Crippen molar-refractivity contribution in [2.24, 2.45) is 0 Å². The van der Waals surface area contributed by atoms with E-state index in [1.54, 1.807) is 11.3 Å². The van der Waals surface area contributed by atoms with Crippen molar-refractivity contribution in [1.29, 1.82) is 0 Å². The van der Waals surface area contributed by atoms with Gasteiger partial charge in [0.25, 0.3) is 0 Å². The zero-order chi connectivity index (χ0) is 16.5. The second-order valence-electron chi connectivity index (χ2n) is 6.95. The van der Waals surface area contributed by atoms with Crippen molar-refractivity contribution in [2.45, 2.75) is 57.5 Å². The van der Waals surface area contributed by atoms with E-state index in [0.29, 0.717) is 24.3 Å². The summed E-state index contributed by atoms with van der Waals surface area (Å²) >= 11 is 1.76. The normalized spacial score (nSPS) is 22.5. The van der Waals surface area contributed by atoms with Gasteiger partial charge in [-0.3, -0.25) is 9.20 Å². The molecule has 2 aromatic rings. The molecule has 0 spiro atoms. The van der Waals surface area contributed by atoms with E-state index in [0.717, 1.165) is 57.6 Å². The standard InChI is InChI=1S/C18H25N3O2S/c1-13-19-17(18-21(13)10-12-24-18)14-6-8-20(9-7-14)16(22)5-4-15-3-2-11-23-15/h10,12,14-15H,2-9,11H2,1H3/t15-/m0/s1. The number of hydrogen-bond acceptors (Lipinski definition) is 4. The van der Waals surface area contributed by atoms with Crippen LogP contribution in [0.25, 0.3) is 4.83 Å². The quantitative estimate of drug-likeness (QED) is 0.852. The van der Waals surface area contributed by atoms with Crippen LogP contribution in [0.5, 0.6) is 0 Å². The molecule has 0 bridgehead atoms. The summed E-state index contributed by atoms with van der Waals surface area (Å²) in [5, 5.41) is 2.12. The van der Waals surface area contributed by atoms with Crippen LogP contribution in [0.4, 0.5) is 0 Å². The summed E-state index contributed by atoms with van der Waals surface area (Å²) in [5.41, 5.74) is 1.23. The molecule has 0 aliphatic carbocycles. The minimum Gasteiger partial charge on any atom is -0.378 e. The summed E-state index contributed by atoms with van der Waals surface area (Å²) < 4.78 is 7.80. The predicted octanol–water partition coefficient (Wildman–Crippen LogP) is 3.37. The Kier molecular flexibility index (Phi) is 4.59. The second kappa shape index (κ2) is 6.84. The highest BCUT2D eigenvalue weighted by Gasteiger charge is 2.27. The van der Waals surface area contributed by atoms with Crippen molar-refractivity contribution in [3.63, 3.8) is 0 Å². The number of aromatic nitrogens is 2. The fraction of sp³-hybridized carbons (Fsp3) is 0.667. The van der Waals surface area contributed by atoms with E-state index in [1.165, 1.54) is 10.5 Å². The van der Waals surface area contributed by atoms with E-state index in [9.17, 15) is 4.79 Å². The Morgan fingerprint density at radius 3 is 2.96 bits per heavy atom. The molecule has 6 heteroatoms. The van der Waals surface area contributed by atoms with Gasteiger partial charge in [-0.05, 0) is 39.0 Å². The van der Waals surface area contributed by atoms with E-state index in [1.807, 2.05) is 4.90 Å². The highest BCUT2D eigenvalue weighted by Crippen LogP contribution is 2.33.